The molecule has 5 rings (SSSR count). The molecule has 0 unspecified atom stereocenters. The van der Waals surface area contributed by atoms with Gasteiger partial charge in [0.15, 0.2) is 5.69 Å². The molecule has 0 aliphatic rings. The summed E-state index contributed by atoms with van der Waals surface area (Å²) in [5.74, 6) is 2.16. The van der Waals surface area contributed by atoms with Crippen molar-refractivity contribution in [3.63, 3.8) is 0 Å². The van der Waals surface area contributed by atoms with Gasteiger partial charge in [-0.05, 0) is 60.1 Å². The standard InChI is InChI=1S/C39H44FN2/c1-25(2)32-16-12-17-33(26(3)4)37(32)41-24-36(29-20-22-31(40)23-21-29)42(39(41)30-14-10-9-11-15-30)38-34(27(5)6)18-13-19-35(38)28(7)8/h9-28H,1-8H3/q+1. The van der Waals surface area contributed by atoms with E-state index in [9.17, 15) is 4.39 Å². The Hall–Kier alpha value is -3.98. The maximum Gasteiger partial charge on any atom is 0.299 e. The number of aromatic nitrogens is 2. The molecule has 216 valence electrons. The third-order valence-corrected chi connectivity index (χ3v) is 8.25. The smallest absolute Gasteiger partial charge is 0.207 e. The molecule has 0 aliphatic heterocycles. The second-order valence-corrected chi connectivity index (χ2v) is 12.6. The molecule has 0 N–H and O–H groups in total. The third kappa shape index (κ3) is 5.45. The second-order valence-electron chi connectivity index (χ2n) is 12.6. The van der Waals surface area contributed by atoms with Crippen molar-refractivity contribution in [1.82, 2.24) is 4.57 Å². The second kappa shape index (κ2) is 12.1. The van der Waals surface area contributed by atoms with Crippen LogP contribution in [-0.4, -0.2) is 4.57 Å². The fraction of sp³-hybridized carbons (Fsp3) is 0.308. The van der Waals surface area contributed by atoms with Gasteiger partial charge in [-0.2, -0.15) is 9.13 Å². The van der Waals surface area contributed by atoms with Crippen LogP contribution in [0.15, 0.2) is 97.2 Å². The van der Waals surface area contributed by atoms with E-state index in [0.29, 0.717) is 23.7 Å². The number of para-hydroxylation sites is 2. The highest BCUT2D eigenvalue weighted by Gasteiger charge is 2.34. The summed E-state index contributed by atoms with van der Waals surface area (Å²) in [7, 11) is 0. The Morgan fingerprint density at radius 2 is 1.00 bits per heavy atom. The first-order valence-corrected chi connectivity index (χ1v) is 15.3. The number of imidazole rings is 1. The van der Waals surface area contributed by atoms with Crippen molar-refractivity contribution >= 4 is 0 Å². The van der Waals surface area contributed by atoms with Crippen LogP contribution in [0.3, 0.4) is 0 Å². The van der Waals surface area contributed by atoms with Crippen LogP contribution in [0.5, 0.6) is 0 Å². The van der Waals surface area contributed by atoms with E-state index in [1.165, 1.54) is 33.6 Å². The normalized spacial score (nSPS) is 11.8. The van der Waals surface area contributed by atoms with Crippen LogP contribution in [0.25, 0.3) is 34.0 Å². The molecule has 42 heavy (non-hydrogen) atoms. The monoisotopic (exact) mass is 559 g/mol. The van der Waals surface area contributed by atoms with Gasteiger partial charge >= 0.3 is 0 Å². The van der Waals surface area contributed by atoms with Crippen LogP contribution in [0.1, 0.15) is 101 Å². The molecular formula is C39H44FN2+. The van der Waals surface area contributed by atoms with E-state index in [0.717, 1.165) is 22.6 Å². The van der Waals surface area contributed by atoms with Crippen molar-refractivity contribution < 1.29 is 8.96 Å². The summed E-state index contributed by atoms with van der Waals surface area (Å²) in [4.78, 5) is 0. The highest BCUT2D eigenvalue weighted by Crippen LogP contribution is 2.39. The Bertz CT molecular complexity index is 1620. The van der Waals surface area contributed by atoms with Gasteiger partial charge in [0.25, 0.3) is 5.82 Å². The van der Waals surface area contributed by atoms with Gasteiger partial charge in [0.05, 0.1) is 5.56 Å². The number of halogens is 1. The van der Waals surface area contributed by atoms with Crippen LogP contribution in [-0.2, 0) is 0 Å². The minimum Gasteiger partial charge on any atom is -0.207 e. The Kier molecular flexibility index (Phi) is 8.50. The SMILES string of the molecule is CC(C)c1cccc(C(C)C)c1-n1c(-c2ccc(F)cc2)c[n+](-c2c(C(C)C)cccc2C(C)C)c1-c1ccccc1. The molecule has 1 heterocycles. The zero-order chi connectivity index (χ0) is 30.1. The minimum absolute atomic E-state index is 0.231. The molecule has 5 aromatic rings. The topological polar surface area (TPSA) is 8.81 Å². The molecule has 0 radical (unpaired) electrons. The highest BCUT2D eigenvalue weighted by molar-refractivity contribution is 5.71. The van der Waals surface area contributed by atoms with E-state index >= 15 is 0 Å². The number of hydrogen-bond acceptors (Lipinski definition) is 0. The lowest BCUT2D eigenvalue weighted by atomic mass is 9.91. The van der Waals surface area contributed by atoms with E-state index in [1.54, 1.807) is 12.1 Å². The molecule has 0 saturated heterocycles. The maximum absolute atomic E-state index is 14.3. The van der Waals surface area contributed by atoms with Gasteiger partial charge in [0.1, 0.15) is 23.4 Å². The lowest BCUT2D eigenvalue weighted by molar-refractivity contribution is -0.583. The number of hydrogen-bond donors (Lipinski definition) is 0. The number of benzene rings is 4. The van der Waals surface area contributed by atoms with Crippen molar-refractivity contribution in [2.75, 3.05) is 0 Å². The van der Waals surface area contributed by atoms with Crippen molar-refractivity contribution in [2.24, 2.45) is 0 Å². The van der Waals surface area contributed by atoms with Crippen LogP contribution in [0, 0.1) is 5.82 Å². The van der Waals surface area contributed by atoms with E-state index in [-0.39, 0.29) is 5.82 Å². The first-order chi connectivity index (χ1) is 20.1. The van der Waals surface area contributed by atoms with Crippen molar-refractivity contribution in [3.05, 3.63) is 125 Å². The molecule has 0 amide bonds. The molecule has 2 nitrogen and oxygen atoms in total. The van der Waals surface area contributed by atoms with Crippen LogP contribution in [0.4, 0.5) is 4.39 Å². The van der Waals surface area contributed by atoms with Gasteiger partial charge in [-0.3, -0.25) is 0 Å². The lowest BCUT2D eigenvalue weighted by Gasteiger charge is -2.20. The summed E-state index contributed by atoms with van der Waals surface area (Å²) in [6.45, 7) is 18.2. The number of rotatable bonds is 8. The molecule has 0 atom stereocenters. The zero-order valence-electron chi connectivity index (χ0n) is 26.3. The summed E-state index contributed by atoms with van der Waals surface area (Å²) in [5.41, 5.74) is 10.8. The summed E-state index contributed by atoms with van der Waals surface area (Å²) in [5, 5.41) is 0. The summed E-state index contributed by atoms with van der Waals surface area (Å²) in [6.07, 6.45) is 2.28. The predicted octanol–water partition coefficient (Wildman–Crippen LogP) is 10.7. The summed E-state index contributed by atoms with van der Waals surface area (Å²) < 4.78 is 19.1. The molecule has 0 spiro atoms. The van der Waals surface area contributed by atoms with Gasteiger partial charge < -0.3 is 0 Å². The van der Waals surface area contributed by atoms with Gasteiger partial charge in [-0.1, -0.05) is 110 Å². The largest absolute Gasteiger partial charge is 0.299 e. The van der Waals surface area contributed by atoms with Crippen molar-refractivity contribution in [3.8, 4) is 34.0 Å². The number of nitrogens with zero attached hydrogens (tertiary/aromatic N) is 2. The van der Waals surface area contributed by atoms with E-state index in [2.05, 4.69) is 137 Å². The average molecular weight is 560 g/mol. The van der Waals surface area contributed by atoms with Gasteiger partial charge in [0, 0.05) is 27.8 Å². The van der Waals surface area contributed by atoms with Gasteiger partial charge in [-0.25, -0.2) is 4.39 Å². The highest BCUT2D eigenvalue weighted by atomic mass is 19.1. The predicted molar refractivity (Wildman–Crippen MR) is 174 cm³/mol. The van der Waals surface area contributed by atoms with Gasteiger partial charge in [-0.15, -0.1) is 0 Å². The molecule has 1 aromatic heterocycles. The average Bonchev–Trinajstić information content (AvgIpc) is 3.36. The quantitative estimate of drug-likeness (QED) is 0.167. The van der Waals surface area contributed by atoms with E-state index in [1.807, 2.05) is 12.1 Å². The van der Waals surface area contributed by atoms with Crippen molar-refractivity contribution in [2.45, 2.75) is 79.1 Å². The molecule has 0 bridgehead atoms. The molecule has 3 heteroatoms. The van der Waals surface area contributed by atoms with E-state index < -0.39 is 0 Å². The Morgan fingerprint density at radius 1 is 0.524 bits per heavy atom. The lowest BCUT2D eigenvalue weighted by Crippen LogP contribution is -2.35. The Labute approximate surface area is 251 Å². The van der Waals surface area contributed by atoms with Crippen LogP contribution in [0.2, 0.25) is 0 Å². The Morgan fingerprint density at radius 3 is 1.48 bits per heavy atom. The summed E-state index contributed by atoms with van der Waals surface area (Å²) in [6, 6.07) is 31.1. The van der Waals surface area contributed by atoms with Crippen molar-refractivity contribution in [1.29, 1.82) is 0 Å². The van der Waals surface area contributed by atoms with Crippen LogP contribution >= 0.6 is 0 Å². The molecular weight excluding hydrogens is 515 g/mol. The van der Waals surface area contributed by atoms with Gasteiger partial charge in [0.2, 0.25) is 0 Å². The minimum atomic E-state index is -0.231. The molecule has 4 aromatic carbocycles. The first kappa shape index (κ1) is 29.5. The first-order valence-electron chi connectivity index (χ1n) is 15.3. The summed E-state index contributed by atoms with van der Waals surface area (Å²) >= 11 is 0. The van der Waals surface area contributed by atoms with E-state index in [4.69, 9.17) is 0 Å². The molecule has 0 saturated carbocycles. The molecule has 0 aliphatic carbocycles. The maximum atomic E-state index is 14.3. The third-order valence-electron chi connectivity index (χ3n) is 8.25. The fourth-order valence-electron chi connectivity index (χ4n) is 6.10. The van der Waals surface area contributed by atoms with Crippen LogP contribution < -0.4 is 4.57 Å². The fourth-order valence-corrected chi connectivity index (χ4v) is 6.10. The zero-order valence-corrected chi connectivity index (χ0v) is 26.3. The Balaban J connectivity index is 2.05. The molecule has 0 fully saturated rings.